The molecule has 4 rings (SSSR count). The van der Waals surface area contributed by atoms with E-state index in [4.69, 9.17) is 4.74 Å². The third kappa shape index (κ3) is 3.90. The van der Waals surface area contributed by atoms with Gasteiger partial charge in [-0.25, -0.2) is 9.79 Å². The Morgan fingerprint density at radius 2 is 2.00 bits per heavy atom. The first-order valence-electron chi connectivity index (χ1n) is 9.89. The van der Waals surface area contributed by atoms with Crippen LogP contribution in [0.3, 0.4) is 0 Å². The molecule has 1 atom stereocenters. The van der Waals surface area contributed by atoms with Gasteiger partial charge in [0.1, 0.15) is 0 Å². The van der Waals surface area contributed by atoms with Crippen molar-refractivity contribution in [1.29, 1.82) is 0 Å². The van der Waals surface area contributed by atoms with E-state index in [1.807, 2.05) is 30.3 Å². The Morgan fingerprint density at radius 1 is 1.25 bits per heavy atom. The minimum Gasteiger partial charge on any atom is -0.463 e. The summed E-state index contributed by atoms with van der Waals surface area (Å²) in [5.74, 6) is -0.518. The van der Waals surface area contributed by atoms with Gasteiger partial charge in [-0.05, 0) is 31.1 Å². The lowest BCUT2D eigenvalue weighted by Gasteiger charge is -2.24. The van der Waals surface area contributed by atoms with Crippen molar-refractivity contribution in [2.24, 2.45) is 4.99 Å². The van der Waals surface area contributed by atoms with Crippen LogP contribution in [-0.4, -0.2) is 22.1 Å². The number of benzene rings is 2. The van der Waals surface area contributed by atoms with Gasteiger partial charge in [-0.1, -0.05) is 53.8 Å². The van der Waals surface area contributed by atoms with Gasteiger partial charge in [0.05, 0.1) is 33.4 Å². The monoisotopic (exact) mass is 449 g/mol. The maximum atomic E-state index is 13.4. The van der Waals surface area contributed by atoms with Crippen molar-refractivity contribution in [2.75, 3.05) is 6.61 Å². The van der Waals surface area contributed by atoms with E-state index in [9.17, 15) is 19.7 Å². The van der Waals surface area contributed by atoms with Gasteiger partial charge in [0, 0.05) is 12.1 Å². The predicted molar refractivity (Wildman–Crippen MR) is 120 cm³/mol. The number of allylic oxidation sites excluding steroid dienone is 1. The molecular weight excluding hydrogens is 430 g/mol. The second-order valence-electron chi connectivity index (χ2n) is 7.07. The molecule has 2 aromatic carbocycles. The Morgan fingerprint density at radius 3 is 2.69 bits per heavy atom. The molecular formula is C23H19N3O5S. The molecule has 0 amide bonds. The molecule has 1 aromatic heterocycles. The van der Waals surface area contributed by atoms with Crippen molar-refractivity contribution in [2.45, 2.75) is 19.9 Å². The molecule has 0 N–H and O–H groups in total. The topological polar surface area (TPSA) is 104 Å². The van der Waals surface area contributed by atoms with Gasteiger partial charge in [-0.15, -0.1) is 0 Å². The maximum absolute atomic E-state index is 13.4. The molecule has 8 nitrogen and oxygen atoms in total. The lowest BCUT2D eigenvalue weighted by molar-refractivity contribution is -0.384. The Labute approximate surface area is 186 Å². The summed E-state index contributed by atoms with van der Waals surface area (Å²) in [5, 5.41) is 11.1. The molecule has 0 aliphatic carbocycles. The fraction of sp³-hybridized carbons (Fsp3) is 0.174. The third-order valence-corrected chi connectivity index (χ3v) is 5.99. The van der Waals surface area contributed by atoms with Crippen molar-refractivity contribution in [1.82, 2.24) is 4.57 Å². The number of thiazole rings is 1. The van der Waals surface area contributed by atoms with Gasteiger partial charge < -0.3 is 4.74 Å². The van der Waals surface area contributed by atoms with E-state index < -0.39 is 16.9 Å². The summed E-state index contributed by atoms with van der Waals surface area (Å²) in [6, 6.07) is 14.6. The van der Waals surface area contributed by atoms with Gasteiger partial charge in [-0.3, -0.25) is 19.5 Å². The van der Waals surface area contributed by atoms with E-state index in [1.54, 1.807) is 32.1 Å². The fourth-order valence-electron chi connectivity index (χ4n) is 3.62. The zero-order chi connectivity index (χ0) is 22.8. The SMILES string of the molecule is CCOC(=O)C1=C(C)N=c2sc(=Cc3cccc([N+](=O)[O-])c3)c(=O)n2C1c1ccccc1. The van der Waals surface area contributed by atoms with Gasteiger partial charge in [0.2, 0.25) is 0 Å². The highest BCUT2D eigenvalue weighted by molar-refractivity contribution is 7.07. The molecule has 3 aromatic rings. The minimum atomic E-state index is -0.682. The summed E-state index contributed by atoms with van der Waals surface area (Å²) in [5.41, 5.74) is 1.69. The number of esters is 1. The maximum Gasteiger partial charge on any atom is 0.338 e. The lowest BCUT2D eigenvalue weighted by Crippen LogP contribution is -2.39. The number of aromatic nitrogens is 1. The van der Waals surface area contributed by atoms with Crippen LogP contribution in [0.15, 0.2) is 75.7 Å². The first-order chi connectivity index (χ1) is 15.4. The van der Waals surface area contributed by atoms with Gasteiger partial charge in [-0.2, -0.15) is 0 Å². The highest BCUT2D eigenvalue weighted by Crippen LogP contribution is 2.30. The predicted octanol–water partition coefficient (Wildman–Crippen LogP) is 2.71. The van der Waals surface area contributed by atoms with Crippen LogP contribution < -0.4 is 14.9 Å². The van der Waals surface area contributed by atoms with Crippen LogP contribution in [0.5, 0.6) is 0 Å². The minimum absolute atomic E-state index is 0.0610. The largest absolute Gasteiger partial charge is 0.463 e. The average molecular weight is 449 g/mol. The standard InChI is InChI=1S/C23H19N3O5S/c1-3-31-22(28)19-14(2)24-23-25(20(19)16-9-5-4-6-10-16)21(27)18(32-23)13-15-8-7-11-17(12-15)26(29)30/h4-13,20H,3H2,1-2H3. The average Bonchev–Trinajstić information content (AvgIpc) is 3.08. The number of hydrogen-bond acceptors (Lipinski definition) is 7. The van der Waals surface area contributed by atoms with Crippen molar-refractivity contribution >= 4 is 29.1 Å². The number of carbonyl (C=O) groups excluding carboxylic acids is 1. The number of ether oxygens (including phenoxy) is 1. The smallest absolute Gasteiger partial charge is 0.338 e. The molecule has 2 heterocycles. The van der Waals surface area contributed by atoms with Crippen LogP contribution in [0.25, 0.3) is 6.08 Å². The first-order valence-corrected chi connectivity index (χ1v) is 10.7. The van der Waals surface area contributed by atoms with Crippen molar-refractivity contribution in [3.8, 4) is 0 Å². The Balaban J connectivity index is 1.94. The number of nitro benzene ring substituents is 1. The van der Waals surface area contributed by atoms with Crippen LogP contribution in [0.1, 0.15) is 31.0 Å². The van der Waals surface area contributed by atoms with E-state index in [-0.39, 0.29) is 17.9 Å². The molecule has 1 unspecified atom stereocenters. The Bertz CT molecular complexity index is 1420. The summed E-state index contributed by atoms with van der Waals surface area (Å²) >= 11 is 1.17. The highest BCUT2D eigenvalue weighted by atomic mass is 32.1. The molecule has 0 saturated carbocycles. The van der Waals surface area contributed by atoms with E-state index in [1.165, 1.54) is 28.0 Å². The van der Waals surface area contributed by atoms with Crippen LogP contribution >= 0.6 is 11.3 Å². The molecule has 0 spiro atoms. The summed E-state index contributed by atoms with van der Waals surface area (Å²) in [6.45, 7) is 3.65. The quantitative estimate of drug-likeness (QED) is 0.338. The van der Waals surface area contributed by atoms with Crippen molar-refractivity contribution < 1.29 is 14.5 Å². The summed E-state index contributed by atoms with van der Waals surface area (Å²) in [4.78, 5) is 41.8. The second-order valence-corrected chi connectivity index (χ2v) is 8.07. The molecule has 1 aliphatic rings. The van der Waals surface area contributed by atoms with Crippen LogP contribution in [0.4, 0.5) is 5.69 Å². The number of hydrogen-bond donors (Lipinski definition) is 0. The summed E-state index contributed by atoms with van der Waals surface area (Å²) < 4.78 is 7.11. The summed E-state index contributed by atoms with van der Waals surface area (Å²) in [6.07, 6.45) is 1.60. The third-order valence-electron chi connectivity index (χ3n) is 5.01. The zero-order valence-corrected chi connectivity index (χ0v) is 18.2. The molecule has 0 saturated heterocycles. The Hall–Kier alpha value is -3.85. The molecule has 32 heavy (non-hydrogen) atoms. The number of carbonyl (C=O) groups is 1. The number of fused-ring (bicyclic) bond motifs is 1. The number of nitrogens with zero attached hydrogens (tertiary/aromatic N) is 3. The van der Waals surface area contributed by atoms with Gasteiger partial charge in [0.15, 0.2) is 4.80 Å². The van der Waals surface area contributed by atoms with E-state index >= 15 is 0 Å². The molecule has 9 heteroatoms. The highest BCUT2D eigenvalue weighted by Gasteiger charge is 2.33. The number of rotatable bonds is 5. The molecule has 0 fully saturated rings. The zero-order valence-electron chi connectivity index (χ0n) is 17.3. The van der Waals surface area contributed by atoms with E-state index in [0.717, 1.165) is 5.56 Å². The molecule has 0 radical (unpaired) electrons. The fourth-order valence-corrected chi connectivity index (χ4v) is 4.67. The lowest BCUT2D eigenvalue weighted by atomic mass is 9.96. The first kappa shape index (κ1) is 21.4. The van der Waals surface area contributed by atoms with Crippen LogP contribution in [0, 0.1) is 10.1 Å². The van der Waals surface area contributed by atoms with Crippen molar-refractivity contribution in [3.05, 3.63) is 107 Å². The Kier molecular flexibility index (Phi) is 5.83. The van der Waals surface area contributed by atoms with Gasteiger partial charge >= 0.3 is 5.97 Å². The molecule has 0 bridgehead atoms. The normalized spacial score (nSPS) is 15.8. The number of nitro groups is 1. The number of non-ortho nitro benzene ring substituents is 1. The molecule has 1 aliphatic heterocycles. The summed E-state index contributed by atoms with van der Waals surface area (Å²) in [7, 11) is 0. The van der Waals surface area contributed by atoms with E-state index in [2.05, 4.69) is 4.99 Å². The van der Waals surface area contributed by atoms with E-state index in [0.29, 0.717) is 26.2 Å². The van der Waals surface area contributed by atoms with Crippen LogP contribution in [-0.2, 0) is 9.53 Å². The second kappa shape index (κ2) is 8.72. The van der Waals surface area contributed by atoms with Gasteiger partial charge in [0.25, 0.3) is 11.2 Å². The van der Waals surface area contributed by atoms with Crippen molar-refractivity contribution in [3.63, 3.8) is 0 Å². The molecule has 162 valence electrons. The van der Waals surface area contributed by atoms with Crippen LogP contribution in [0.2, 0.25) is 0 Å².